The Balaban J connectivity index is 2.56. The zero-order valence-corrected chi connectivity index (χ0v) is 9.64. The van der Waals surface area contributed by atoms with Crippen LogP contribution in [0.1, 0.15) is 18.9 Å². The van der Waals surface area contributed by atoms with Gasteiger partial charge in [-0.3, -0.25) is 0 Å². The fourth-order valence-corrected chi connectivity index (χ4v) is 2.40. The van der Waals surface area contributed by atoms with Crippen LogP contribution in [-0.4, -0.2) is 16.7 Å². The Morgan fingerprint density at radius 2 is 2.20 bits per heavy atom. The second kappa shape index (κ2) is 3.47. The van der Waals surface area contributed by atoms with Gasteiger partial charge in [-0.05, 0) is 18.2 Å². The van der Waals surface area contributed by atoms with Crippen LogP contribution in [0.25, 0.3) is 10.2 Å². The third-order valence-electron chi connectivity index (χ3n) is 2.39. The van der Waals surface area contributed by atoms with E-state index in [0.29, 0.717) is 0 Å². The van der Waals surface area contributed by atoms with Gasteiger partial charge in [-0.2, -0.15) is 0 Å². The lowest BCUT2D eigenvalue weighted by Gasteiger charge is -2.17. The number of fused-ring (bicyclic) bond motifs is 1. The molecule has 0 unspecified atom stereocenters. The van der Waals surface area contributed by atoms with E-state index in [4.69, 9.17) is 5.73 Å². The summed E-state index contributed by atoms with van der Waals surface area (Å²) in [7, 11) is 0. The predicted molar refractivity (Wildman–Crippen MR) is 64.1 cm³/mol. The highest BCUT2D eigenvalue weighted by Crippen LogP contribution is 2.31. The van der Waals surface area contributed by atoms with E-state index in [1.54, 1.807) is 11.3 Å². The first kappa shape index (κ1) is 10.4. The molecule has 0 bridgehead atoms. The summed E-state index contributed by atoms with van der Waals surface area (Å²) < 4.78 is 1.08. The number of benzene rings is 1. The van der Waals surface area contributed by atoms with Crippen molar-refractivity contribution in [3.05, 3.63) is 23.2 Å². The Morgan fingerprint density at radius 1 is 1.47 bits per heavy atom. The molecule has 3 nitrogen and oxygen atoms in total. The van der Waals surface area contributed by atoms with Gasteiger partial charge in [-0.25, -0.2) is 4.98 Å². The van der Waals surface area contributed by atoms with Crippen molar-refractivity contribution in [2.24, 2.45) is 0 Å². The van der Waals surface area contributed by atoms with E-state index in [-0.39, 0.29) is 12.0 Å². The minimum absolute atomic E-state index is 0.0995. The SMILES string of the molecule is CC(C)(CO)c1nc2ccc(N)cc2s1. The van der Waals surface area contributed by atoms with Gasteiger partial charge in [-0.1, -0.05) is 13.8 Å². The Hall–Kier alpha value is -1.13. The number of anilines is 1. The standard InChI is InChI=1S/C11H14N2OS/c1-11(2,6-14)10-13-8-4-3-7(12)5-9(8)15-10/h3-5,14H,6,12H2,1-2H3. The van der Waals surface area contributed by atoms with Gasteiger partial charge in [0, 0.05) is 11.1 Å². The molecule has 0 fully saturated rings. The van der Waals surface area contributed by atoms with Gasteiger partial charge in [-0.15, -0.1) is 11.3 Å². The van der Waals surface area contributed by atoms with E-state index < -0.39 is 0 Å². The molecule has 0 atom stereocenters. The van der Waals surface area contributed by atoms with Crippen LogP contribution in [0.2, 0.25) is 0 Å². The van der Waals surface area contributed by atoms with Crippen LogP contribution in [0.5, 0.6) is 0 Å². The molecule has 1 aromatic carbocycles. The number of hydrogen-bond donors (Lipinski definition) is 2. The van der Waals surface area contributed by atoms with Crippen molar-refractivity contribution in [2.45, 2.75) is 19.3 Å². The maximum absolute atomic E-state index is 9.27. The first-order valence-corrected chi connectivity index (χ1v) is 5.62. The summed E-state index contributed by atoms with van der Waals surface area (Å²) in [5.41, 5.74) is 7.12. The molecule has 0 aliphatic carbocycles. The highest BCUT2D eigenvalue weighted by atomic mass is 32.1. The van der Waals surface area contributed by atoms with Gasteiger partial charge in [0.05, 0.1) is 16.8 Å². The summed E-state index contributed by atoms with van der Waals surface area (Å²) in [6.07, 6.45) is 0. The van der Waals surface area contributed by atoms with E-state index in [1.807, 2.05) is 32.0 Å². The van der Waals surface area contributed by atoms with Gasteiger partial charge in [0.2, 0.25) is 0 Å². The number of nitrogens with zero attached hydrogens (tertiary/aromatic N) is 1. The van der Waals surface area contributed by atoms with Crippen molar-refractivity contribution >= 4 is 27.2 Å². The van der Waals surface area contributed by atoms with Crippen LogP contribution in [0.15, 0.2) is 18.2 Å². The lowest BCUT2D eigenvalue weighted by molar-refractivity contribution is 0.218. The van der Waals surface area contributed by atoms with Gasteiger partial charge in [0.25, 0.3) is 0 Å². The van der Waals surface area contributed by atoms with Crippen LogP contribution < -0.4 is 5.73 Å². The topological polar surface area (TPSA) is 59.1 Å². The molecule has 4 heteroatoms. The van der Waals surface area contributed by atoms with E-state index in [1.165, 1.54) is 0 Å². The van der Waals surface area contributed by atoms with Crippen molar-refractivity contribution in [1.82, 2.24) is 4.98 Å². The molecule has 1 heterocycles. The highest BCUT2D eigenvalue weighted by molar-refractivity contribution is 7.18. The Bertz CT molecular complexity index is 490. The molecule has 0 aliphatic heterocycles. The molecule has 0 spiro atoms. The summed E-state index contributed by atoms with van der Waals surface area (Å²) in [4.78, 5) is 4.50. The Kier molecular flexibility index (Phi) is 2.40. The Morgan fingerprint density at radius 3 is 2.87 bits per heavy atom. The summed E-state index contributed by atoms with van der Waals surface area (Å²) in [6.45, 7) is 4.06. The third-order valence-corrected chi connectivity index (χ3v) is 3.77. The first-order chi connectivity index (χ1) is 7.03. The number of hydrogen-bond acceptors (Lipinski definition) is 4. The fourth-order valence-electron chi connectivity index (χ4n) is 1.30. The normalized spacial score (nSPS) is 12.2. The second-order valence-corrected chi connectivity index (χ2v) is 5.32. The van der Waals surface area contributed by atoms with Crippen LogP contribution in [-0.2, 0) is 5.41 Å². The fraction of sp³-hybridized carbons (Fsp3) is 0.364. The average molecular weight is 222 g/mol. The summed E-state index contributed by atoms with van der Waals surface area (Å²) in [5, 5.41) is 10.2. The molecular formula is C11H14N2OS. The van der Waals surface area contributed by atoms with Crippen molar-refractivity contribution in [2.75, 3.05) is 12.3 Å². The molecule has 2 rings (SSSR count). The molecule has 3 N–H and O–H groups in total. The molecule has 2 aromatic rings. The number of nitrogens with two attached hydrogens (primary N) is 1. The van der Waals surface area contributed by atoms with Crippen LogP contribution in [0.3, 0.4) is 0 Å². The molecule has 80 valence electrons. The van der Waals surface area contributed by atoms with E-state index in [2.05, 4.69) is 4.98 Å². The highest BCUT2D eigenvalue weighted by Gasteiger charge is 2.23. The van der Waals surface area contributed by atoms with E-state index >= 15 is 0 Å². The molecule has 0 saturated carbocycles. The molecule has 15 heavy (non-hydrogen) atoms. The van der Waals surface area contributed by atoms with Gasteiger partial charge >= 0.3 is 0 Å². The van der Waals surface area contributed by atoms with Crippen LogP contribution in [0.4, 0.5) is 5.69 Å². The lowest BCUT2D eigenvalue weighted by atomic mass is 9.96. The maximum Gasteiger partial charge on any atom is 0.102 e. The summed E-state index contributed by atoms with van der Waals surface area (Å²) >= 11 is 1.59. The lowest BCUT2D eigenvalue weighted by Crippen LogP contribution is -2.21. The van der Waals surface area contributed by atoms with Gasteiger partial charge < -0.3 is 10.8 Å². The van der Waals surface area contributed by atoms with Crippen molar-refractivity contribution in [3.63, 3.8) is 0 Å². The molecular weight excluding hydrogens is 208 g/mol. The molecule has 0 aliphatic rings. The first-order valence-electron chi connectivity index (χ1n) is 4.80. The number of aromatic nitrogens is 1. The number of thiazole rings is 1. The molecule has 1 aromatic heterocycles. The zero-order chi connectivity index (χ0) is 11.1. The minimum Gasteiger partial charge on any atom is -0.399 e. The molecule has 0 saturated heterocycles. The second-order valence-electron chi connectivity index (χ2n) is 4.29. The largest absolute Gasteiger partial charge is 0.399 e. The zero-order valence-electron chi connectivity index (χ0n) is 8.82. The minimum atomic E-state index is -0.279. The average Bonchev–Trinajstić information content (AvgIpc) is 2.61. The molecule has 0 amide bonds. The maximum atomic E-state index is 9.27. The van der Waals surface area contributed by atoms with Crippen molar-refractivity contribution in [1.29, 1.82) is 0 Å². The van der Waals surface area contributed by atoms with Gasteiger partial charge in [0.1, 0.15) is 5.01 Å². The number of nitrogen functional groups attached to an aromatic ring is 1. The number of aliphatic hydroxyl groups is 1. The number of rotatable bonds is 2. The van der Waals surface area contributed by atoms with Crippen molar-refractivity contribution < 1.29 is 5.11 Å². The van der Waals surface area contributed by atoms with Crippen molar-refractivity contribution in [3.8, 4) is 0 Å². The predicted octanol–water partition coefficient (Wildman–Crippen LogP) is 2.15. The van der Waals surface area contributed by atoms with Crippen LogP contribution >= 0.6 is 11.3 Å². The van der Waals surface area contributed by atoms with E-state index in [9.17, 15) is 5.11 Å². The smallest absolute Gasteiger partial charge is 0.102 e. The van der Waals surface area contributed by atoms with Crippen LogP contribution in [0, 0.1) is 0 Å². The quantitative estimate of drug-likeness (QED) is 0.765. The van der Waals surface area contributed by atoms with E-state index in [0.717, 1.165) is 20.9 Å². The third kappa shape index (κ3) is 1.82. The van der Waals surface area contributed by atoms with Gasteiger partial charge in [0.15, 0.2) is 0 Å². The number of aliphatic hydroxyl groups excluding tert-OH is 1. The summed E-state index contributed by atoms with van der Waals surface area (Å²) in [5.74, 6) is 0. The summed E-state index contributed by atoms with van der Waals surface area (Å²) in [6, 6.07) is 5.68. The monoisotopic (exact) mass is 222 g/mol. The Labute approximate surface area is 92.6 Å². The molecule has 0 radical (unpaired) electrons.